The minimum Gasteiger partial charge on any atom is -0.482 e. The highest BCUT2D eigenvalue weighted by molar-refractivity contribution is 5.83. The van der Waals surface area contributed by atoms with Crippen molar-refractivity contribution in [3.8, 4) is 23.3 Å². The van der Waals surface area contributed by atoms with Gasteiger partial charge in [-0.25, -0.2) is 5.43 Å². The molecule has 3 aromatic rings. The second-order valence-electron chi connectivity index (χ2n) is 6.53. The molecule has 1 amide bonds. The lowest BCUT2D eigenvalue weighted by Crippen LogP contribution is -2.24. The summed E-state index contributed by atoms with van der Waals surface area (Å²) in [5.41, 5.74) is 2.08. The van der Waals surface area contributed by atoms with Gasteiger partial charge in [-0.2, -0.15) is 10.4 Å². The summed E-state index contributed by atoms with van der Waals surface area (Å²) in [6.07, 6.45) is 1.32. The number of rotatable bonds is 9. The Bertz CT molecular complexity index is 1320. The Morgan fingerprint density at radius 1 is 1.03 bits per heavy atom. The summed E-state index contributed by atoms with van der Waals surface area (Å²) < 4.78 is 10.8. The number of hydrogen-bond donors (Lipinski definition) is 1. The summed E-state index contributed by atoms with van der Waals surface area (Å²) in [5.74, 6) is -0.247. The minimum absolute atomic E-state index is 0.173. The van der Waals surface area contributed by atoms with E-state index < -0.39 is 27.1 Å². The van der Waals surface area contributed by atoms with Gasteiger partial charge >= 0.3 is 5.69 Å². The zero-order valence-electron chi connectivity index (χ0n) is 17.3. The van der Waals surface area contributed by atoms with Crippen LogP contribution in [0.3, 0.4) is 0 Å². The Morgan fingerprint density at radius 2 is 1.82 bits per heavy atom. The summed E-state index contributed by atoms with van der Waals surface area (Å²) in [6.45, 7) is -0.358. The first kappa shape index (κ1) is 23.4. The topological polar surface area (TPSA) is 170 Å². The number of nitrogens with one attached hydrogen (secondary N) is 1. The van der Waals surface area contributed by atoms with E-state index >= 15 is 0 Å². The molecule has 0 bridgehead atoms. The predicted octanol–water partition coefficient (Wildman–Crippen LogP) is 3.70. The monoisotopic (exact) mass is 461 g/mol. The third-order valence-corrected chi connectivity index (χ3v) is 4.21. The molecule has 3 rings (SSSR count). The fourth-order valence-electron chi connectivity index (χ4n) is 2.67. The van der Waals surface area contributed by atoms with Gasteiger partial charge < -0.3 is 9.47 Å². The van der Waals surface area contributed by atoms with Crippen molar-refractivity contribution < 1.29 is 24.1 Å². The summed E-state index contributed by atoms with van der Waals surface area (Å²) in [6, 6.07) is 17.8. The fourth-order valence-corrected chi connectivity index (χ4v) is 2.67. The number of nitriles is 1. The molecule has 0 aliphatic heterocycles. The predicted molar refractivity (Wildman–Crippen MR) is 119 cm³/mol. The van der Waals surface area contributed by atoms with Crippen LogP contribution in [0.15, 0.2) is 71.8 Å². The molecule has 0 unspecified atom stereocenters. The van der Waals surface area contributed by atoms with Gasteiger partial charge in [-0.1, -0.05) is 24.3 Å². The largest absolute Gasteiger partial charge is 0.482 e. The molecule has 0 aliphatic rings. The lowest BCUT2D eigenvalue weighted by molar-refractivity contribution is -0.394. The number of ether oxygens (including phenoxy) is 2. The maximum Gasteiger partial charge on any atom is 0.318 e. The normalized spacial score (nSPS) is 10.3. The number of nitro groups is 2. The van der Waals surface area contributed by atoms with Crippen molar-refractivity contribution in [3.05, 3.63) is 98.1 Å². The van der Waals surface area contributed by atoms with Gasteiger partial charge in [0.25, 0.3) is 11.6 Å². The first-order valence-electron chi connectivity index (χ1n) is 9.52. The highest BCUT2D eigenvalue weighted by atomic mass is 16.6. The van der Waals surface area contributed by atoms with E-state index in [9.17, 15) is 25.0 Å². The maximum absolute atomic E-state index is 11.9. The lowest BCUT2D eigenvalue weighted by atomic mass is 10.2. The van der Waals surface area contributed by atoms with Gasteiger partial charge in [0, 0.05) is 6.07 Å². The molecule has 1 N–H and O–H groups in total. The van der Waals surface area contributed by atoms with E-state index in [2.05, 4.69) is 10.5 Å². The highest BCUT2D eigenvalue weighted by Gasteiger charge is 2.21. The number of non-ortho nitro benzene ring substituents is 1. The number of para-hydroxylation sites is 1. The summed E-state index contributed by atoms with van der Waals surface area (Å²) in [5, 5.41) is 34.9. The molecule has 0 saturated heterocycles. The number of carbonyl (C=O) groups excluding carboxylic acids is 1. The quantitative estimate of drug-likeness (QED) is 0.285. The number of hydrogen-bond acceptors (Lipinski definition) is 9. The number of benzene rings is 3. The molecule has 0 radical (unpaired) electrons. The maximum atomic E-state index is 11.9. The van der Waals surface area contributed by atoms with Crippen molar-refractivity contribution in [2.75, 3.05) is 6.61 Å². The van der Waals surface area contributed by atoms with E-state index in [1.807, 2.05) is 6.07 Å². The van der Waals surface area contributed by atoms with Gasteiger partial charge in [-0.15, -0.1) is 0 Å². The highest BCUT2D eigenvalue weighted by Crippen LogP contribution is 2.34. The minimum atomic E-state index is -0.778. The Hall–Kier alpha value is -5.31. The van der Waals surface area contributed by atoms with E-state index in [0.717, 1.165) is 18.2 Å². The molecular formula is C22H15N5O7. The van der Waals surface area contributed by atoms with E-state index in [-0.39, 0.29) is 23.9 Å². The van der Waals surface area contributed by atoms with Crippen molar-refractivity contribution in [2.24, 2.45) is 5.10 Å². The van der Waals surface area contributed by atoms with Crippen molar-refractivity contribution >= 4 is 23.5 Å². The van der Waals surface area contributed by atoms with Crippen LogP contribution in [-0.4, -0.2) is 28.6 Å². The zero-order chi connectivity index (χ0) is 24.5. The average molecular weight is 461 g/mol. The second-order valence-corrected chi connectivity index (χ2v) is 6.53. The van der Waals surface area contributed by atoms with Crippen LogP contribution in [0.1, 0.15) is 11.1 Å². The van der Waals surface area contributed by atoms with Crippen LogP contribution in [0.2, 0.25) is 0 Å². The van der Waals surface area contributed by atoms with Gasteiger partial charge in [0.05, 0.1) is 27.7 Å². The van der Waals surface area contributed by atoms with E-state index in [1.165, 1.54) is 18.3 Å². The molecule has 3 aromatic carbocycles. The smallest absolute Gasteiger partial charge is 0.318 e. The average Bonchev–Trinajstić information content (AvgIpc) is 2.83. The summed E-state index contributed by atoms with van der Waals surface area (Å²) in [4.78, 5) is 32.5. The third-order valence-electron chi connectivity index (χ3n) is 4.21. The third kappa shape index (κ3) is 6.11. The van der Waals surface area contributed by atoms with E-state index in [0.29, 0.717) is 11.1 Å². The van der Waals surface area contributed by atoms with Gasteiger partial charge in [0.1, 0.15) is 17.6 Å². The molecule has 0 saturated carbocycles. The Labute approximate surface area is 192 Å². The SMILES string of the molecule is N#Cc1ccccc1OCC(=O)N/N=C\c1cccc(Oc2ccc([N+](=O)[O-])cc2[N+](=O)[O-])c1. The molecule has 0 aromatic heterocycles. The number of carbonyl (C=O) groups is 1. The molecule has 0 heterocycles. The summed E-state index contributed by atoms with van der Waals surface area (Å²) in [7, 11) is 0. The molecule has 0 fully saturated rings. The lowest BCUT2D eigenvalue weighted by Gasteiger charge is -2.07. The second kappa shape index (κ2) is 10.8. The van der Waals surface area contributed by atoms with Crippen LogP contribution in [0.25, 0.3) is 0 Å². The molecule has 12 heteroatoms. The van der Waals surface area contributed by atoms with Crippen molar-refractivity contribution in [1.82, 2.24) is 5.43 Å². The van der Waals surface area contributed by atoms with Crippen molar-refractivity contribution in [3.63, 3.8) is 0 Å². The molecule has 0 atom stereocenters. The molecule has 170 valence electrons. The van der Waals surface area contributed by atoms with Gasteiger partial charge in [-0.3, -0.25) is 25.0 Å². The zero-order valence-corrected chi connectivity index (χ0v) is 17.3. The van der Waals surface area contributed by atoms with Gasteiger partial charge in [0.2, 0.25) is 5.75 Å². The number of nitrogens with zero attached hydrogens (tertiary/aromatic N) is 4. The van der Waals surface area contributed by atoms with E-state index in [4.69, 9.17) is 14.7 Å². The van der Waals surface area contributed by atoms with Crippen LogP contribution in [-0.2, 0) is 4.79 Å². The van der Waals surface area contributed by atoms with Gasteiger partial charge in [0.15, 0.2) is 6.61 Å². The van der Waals surface area contributed by atoms with Crippen molar-refractivity contribution in [1.29, 1.82) is 5.26 Å². The Balaban J connectivity index is 1.62. The standard InChI is InChI=1S/C22H15N5O7/c23-12-16-5-1-2-7-20(16)33-14-22(28)25-24-13-15-4-3-6-18(10-15)34-21-9-8-17(26(29)30)11-19(21)27(31)32/h1-11,13H,14H2,(H,25,28)/b24-13-. The van der Waals surface area contributed by atoms with Gasteiger partial charge in [-0.05, 0) is 35.9 Å². The first-order valence-corrected chi connectivity index (χ1v) is 9.52. The fraction of sp³-hybridized carbons (Fsp3) is 0.0455. The molecule has 0 spiro atoms. The first-order chi connectivity index (χ1) is 16.4. The summed E-state index contributed by atoms with van der Waals surface area (Å²) >= 11 is 0. The molecule has 12 nitrogen and oxygen atoms in total. The van der Waals surface area contributed by atoms with Crippen molar-refractivity contribution in [2.45, 2.75) is 0 Å². The number of amides is 1. The Kier molecular flexibility index (Phi) is 7.43. The van der Waals surface area contributed by atoms with Crippen LogP contribution in [0.4, 0.5) is 11.4 Å². The Morgan fingerprint density at radius 3 is 2.56 bits per heavy atom. The molecular weight excluding hydrogens is 446 g/mol. The van der Waals surface area contributed by atoms with E-state index in [1.54, 1.807) is 36.4 Å². The van der Waals surface area contributed by atoms with Crippen LogP contribution < -0.4 is 14.9 Å². The van der Waals surface area contributed by atoms with Crippen LogP contribution in [0.5, 0.6) is 17.2 Å². The number of nitro benzene ring substituents is 2. The number of hydrazone groups is 1. The molecule has 34 heavy (non-hydrogen) atoms. The molecule has 0 aliphatic carbocycles. The van der Waals surface area contributed by atoms with Crippen LogP contribution in [0, 0.1) is 31.6 Å². The van der Waals surface area contributed by atoms with Crippen LogP contribution >= 0.6 is 0 Å².